The molecule has 0 aliphatic rings. The van der Waals surface area contributed by atoms with Crippen molar-refractivity contribution in [2.24, 2.45) is 0 Å². The SMILES string of the molecule is FC(F)(F)c1cnn(-c2cncc(CCl)c2)c1. The number of rotatable bonds is 2. The highest BCUT2D eigenvalue weighted by Crippen LogP contribution is 2.29. The second-order valence-electron chi connectivity index (χ2n) is 3.36. The van der Waals surface area contributed by atoms with Crippen LogP contribution in [0.15, 0.2) is 30.9 Å². The molecule has 0 aromatic carbocycles. The van der Waals surface area contributed by atoms with Crippen LogP contribution >= 0.6 is 11.6 Å². The average Bonchev–Trinajstić information content (AvgIpc) is 2.78. The maximum atomic E-state index is 12.4. The molecular weight excluding hydrogens is 255 g/mol. The third-order valence-electron chi connectivity index (χ3n) is 2.11. The molecule has 0 bridgehead atoms. The molecule has 17 heavy (non-hydrogen) atoms. The van der Waals surface area contributed by atoms with Gasteiger partial charge in [0, 0.05) is 18.3 Å². The summed E-state index contributed by atoms with van der Waals surface area (Å²) in [7, 11) is 0. The fourth-order valence-electron chi connectivity index (χ4n) is 1.28. The number of pyridine rings is 1. The number of halogens is 4. The Balaban J connectivity index is 2.37. The minimum absolute atomic E-state index is 0.244. The molecule has 2 aromatic rings. The lowest BCUT2D eigenvalue weighted by Gasteiger charge is -2.03. The fraction of sp³-hybridized carbons (Fsp3) is 0.200. The van der Waals surface area contributed by atoms with Crippen molar-refractivity contribution >= 4 is 11.6 Å². The molecule has 0 fully saturated rings. The van der Waals surface area contributed by atoms with Gasteiger partial charge in [-0.05, 0) is 11.6 Å². The Hall–Kier alpha value is -1.56. The van der Waals surface area contributed by atoms with E-state index >= 15 is 0 Å². The average molecular weight is 262 g/mol. The molecule has 2 rings (SSSR count). The van der Waals surface area contributed by atoms with E-state index in [2.05, 4.69) is 10.1 Å². The summed E-state index contributed by atoms with van der Waals surface area (Å²) in [5.41, 5.74) is 0.362. The first kappa shape index (κ1) is 11.9. The highest BCUT2D eigenvalue weighted by atomic mass is 35.5. The van der Waals surface area contributed by atoms with Crippen LogP contribution in [0.2, 0.25) is 0 Å². The molecular formula is C10H7ClF3N3. The van der Waals surface area contributed by atoms with Gasteiger partial charge in [0.2, 0.25) is 0 Å². The van der Waals surface area contributed by atoms with E-state index in [9.17, 15) is 13.2 Å². The standard InChI is InChI=1S/C10H7ClF3N3/c11-2-7-1-9(5-15-3-7)17-6-8(4-16-17)10(12,13)14/h1,3-6H,2H2. The highest BCUT2D eigenvalue weighted by Gasteiger charge is 2.32. The van der Waals surface area contributed by atoms with Crippen molar-refractivity contribution < 1.29 is 13.2 Å². The van der Waals surface area contributed by atoms with Crippen LogP contribution in [0.4, 0.5) is 13.2 Å². The van der Waals surface area contributed by atoms with E-state index in [1.165, 1.54) is 6.20 Å². The van der Waals surface area contributed by atoms with Gasteiger partial charge in [0.05, 0.1) is 23.6 Å². The van der Waals surface area contributed by atoms with Crippen LogP contribution in [0, 0.1) is 0 Å². The highest BCUT2D eigenvalue weighted by molar-refractivity contribution is 6.17. The summed E-state index contributed by atoms with van der Waals surface area (Å²) in [6.45, 7) is 0. The summed E-state index contributed by atoms with van der Waals surface area (Å²) >= 11 is 5.61. The Morgan fingerprint density at radius 2 is 2.00 bits per heavy atom. The summed E-state index contributed by atoms with van der Waals surface area (Å²) in [6, 6.07) is 1.63. The molecule has 0 aliphatic carbocycles. The molecule has 0 saturated heterocycles. The first-order valence-electron chi connectivity index (χ1n) is 4.63. The van der Waals surface area contributed by atoms with E-state index < -0.39 is 11.7 Å². The molecule has 3 nitrogen and oxygen atoms in total. The molecule has 0 amide bonds. The zero-order valence-electron chi connectivity index (χ0n) is 8.45. The molecule has 2 aromatic heterocycles. The number of nitrogens with zero attached hydrogens (tertiary/aromatic N) is 3. The van der Waals surface area contributed by atoms with Gasteiger partial charge in [-0.2, -0.15) is 18.3 Å². The summed E-state index contributed by atoms with van der Waals surface area (Å²) in [6.07, 6.45) is 0.256. The van der Waals surface area contributed by atoms with Gasteiger partial charge >= 0.3 is 6.18 Å². The van der Waals surface area contributed by atoms with Gasteiger partial charge in [0.25, 0.3) is 0 Å². The molecule has 0 saturated carbocycles. The third kappa shape index (κ3) is 2.58. The molecule has 0 unspecified atom stereocenters. The summed E-state index contributed by atoms with van der Waals surface area (Å²) in [4.78, 5) is 3.88. The Morgan fingerprint density at radius 3 is 2.59 bits per heavy atom. The first-order chi connectivity index (χ1) is 8.00. The normalized spacial score (nSPS) is 11.8. The predicted molar refractivity (Wildman–Crippen MR) is 55.9 cm³/mol. The number of hydrogen-bond acceptors (Lipinski definition) is 2. The molecule has 0 spiro atoms. The van der Waals surface area contributed by atoms with Crippen LogP contribution in [0.3, 0.4) is 0 Å². The number of alkyl halides is 4. The lowest BCUT2D eigenvalue weighted by atomic mass is 10.3. The Bertz CT molecular complexity index is 522. The van der Waals surface area contributed by atoms with E-state index in [0.29, 0.717) is 11.3 Å². The Labute approximate surface area is 99.8 Å². The van der Waals surface area contributed by atoms with Crippen molar-refractivity contribution in [3.8, 4) is 5.69 Å². The zero-order chi connectivity index (χ0) is 12.5. The lowest BCUT2D eigenvalue weighted by molar-refractivity contribution is -0.137. The minimum Gasteiger partial charge on any atom is -0.262 e. The second kappa shape index (κ2) is 4.37. The largest absolute Gasteiger partial charge is 0.419 e. The predicted octanol–water partition coefficient (Wildman–Crippen LogP) is 3.02. The van der Waals surface area contributed by atoms with Crippen LogP contribution in [0.1, 0.15) is 11.1 Å². The zero-order valence-corrected chi connectivity index (χ0v) is 9.20. The molecule has 0 radical (unpaired) electrons. The first-order valence-corrected chi connectivity index (χ1v) is 5.16. The van der Waals surface area contributed by atoms with Crippen LogP contribution in [-0.2, 0) is 12.1 Å². The van der Waals surface area contributed by atoms with E-state index in [1.54, 1.807) is 12.3 Å². The van der Waals surface area contributed by atoms with Crippen LogP contribution in [-0.4, -0.2) is 14.8 Å². The smallest absolute Gasteiger partial charge is 0.262 e. The van der Waals surface area contributed by atoms with Crippen molar-refractivity contribution in [2.45, 2.75) is 12.1 Å². The summed E-state index contributed by atoms with van der Waals surface area (Å²) in [5.74, 6) is 0.244. The van der Waals surface area contributed by atoms with Gasteiger partial charge < -0.3 is 0 Å². The molecule has 90 valence electrons. The number of hydrogen-bond donors (Lipinski definition) is 0. The molecule has 0 N–H and O–H groups in total. The summed E-state index contributed by atoms with van der Waals surface area (Å²) in [5, 5.41) is 3.64. The van der Waals surface area contributed by atoms with Crippen molar-refractivity contribution in [3.05, 3.63) is 42.0 Å². The molecule has 7 heteroatoms. The van der Waals surface area contributed by atoms with E-state index in [0.717, 1.165) is 17.1 Å². The summed E-state index contributed by atoms with van der Waals surface area (Å²) < 4.78 is 38.2. The van der Waals surface area contributed by atoms with E-state index in [4.69, 9.17) is 11.6 Å². The van der Waals surface area contributed by atoms with Crippen molar-refractivity contribution in [1.29, 1.82) is 0 Å². The fourth-order valence-corrected chi connectivity index (χ4v) is 1.43. The minimum atomic E-state index is -4.39. The van der Waals surface area contributed by atoms with Crippen LogP contribution in [0.5, 0.6) is 0 Å². The van der Waals surface area contributed by atoms with Gasteiger partial charge in [-0.25, -0.2) is 4.68 Å². The third-order valence-corrected chi connectivity index (χ3v) is 2.42. The maximum Gasteiger partial charge on any atom is 0.419 e. The number of aromatic nitrogens is 3. The van der Waals surface area contributed by atoms with Gasteiger partial charge in [-0.15, -0.1) is 11.6 Å². The van der Waals surface area contributed by atoms with Crippen molar-refractivity contribution in [3.63, 3.8) is 0 Å². The monoisotopic (exact) mass is 261 g/mol. The van der Waals surface area contributed by atoms with Crippen molar-refractivity contribution in [2.75, 3.05) is 0 Å². The van der Waals surface area contributed by atoms with Gasteiger partial charge in [-0.3, -0.25) is 4.98 Å². The van der Waals surface area contributed by atoms with Crippen molar-refractivity contribution in [1.82, 2.24) is 14.8 Å². The second-order valence-corrected chi connectivity index (χ2v) is 3.62. The van der Waals surface area contributed by atoms with Gasteiger partial charge in [0.15, 0.2) is 0 Å². The van der Waals surface area contributed by atoms with E-state index in [1.807, 2.05) is 0 Å². The lowest BCUT2D eigenvalue weighted by Crippen LogP contribution is -2.03. The topological polar surface area (TPSA) is 30.7 Å². The molecule has 0 aliphatic heterocycles. The maximum absolute atomic E-state index is 12.4. The Kier molecular flexibility index (Phi) is 3.06. The molecule has 0 atom stereocenters. The quantitative estimate of drug-likeness (QED) is 0.778. The van der Waals surface area contributed by atoms with E-state index in [-0.39, 0.29) is 5.88 Å². The van der Waals surface area contributed by atoms with Gasteiger partial charge in [0.1, 0.15) is 0 Å². The van der Waals surface area contributed by atoms with Crippen LogP contribution in [0.25, 0.3) is 5.69 Å². The molecule has 2 heterocycles. The Morgan fingerprint density at radius 1 is 1.24 bits per heavy atom. The van der Waals surface area contributed by atoms with Crippen LogP contribution < -0.4 is 0 Å². The van der Waals surface area contributed by atoms with Gasteiger partial charge in [-0.1, -0.05) is 0 Å².